The van der Waals surface area contributed by atoms with Crippen molar-refractivity contribution in [3.05, 3.63) is 124 Å². The van der Waals surface area contributed by atoms with Gasteiger partial charge in [-0.1, -0.05) is 87.6 Å². The van der Waals surface area contributed by atoms with Crippen LogP contribution in [0.4, 0.5) is 16.2 Å². The molecule has 4 aromatic carbocycles. The molecule has 9 nitrogen and oxygen atoms in total. The van der Waals surface area contributed by atoms with Gasteiger partial charge in [0, 0.05) is 65.5 Å². The van der Waals surface area contributed by atoms with Gasteiger partial charge in [-0.3, -0.25) is 10.2 Å². The van der Waals surface area contributed by atoms with Crippen LogP contribution in [0.2, 0.25) is 0 Å². The summed E-state index contributed by atoms with van der Waals surface area (Å²) < 4.78 is 0. The first-order valence-corrected chi connectivity index (χ1v) is 14.9. The van der Waals surface area contributed by atoms with Crippen molar-refractivity contribution in [2.45, 2.75) is 34.6 Å². The van der Waals surface area contributed by atoms with Gasteiger partial charge in [-0.05, 0) is 47.5 Å². The molecule has 238 valence electrons. The fourth-order valence-electron chi connectivity index (χ4n) is 5.97. The minimum Gasteiger partial charge on any atom is -0.328 e. The lowest BCUT2D eigenvalue weighted by atomic mass is 10.1. The van der Waals surface area contributed by atoms with E-state index in [-0.39, 0.29) is 20.9 Å². The van der Waals surface area contributed by atoms with Crippen molar-refractivity contribution in [2.24, 2.45) is 5.18 Å². The van der Waals surface area contributed by atoms with Crippen LogP contribution in [0.15, 0.2) is 102 Å². The summed E-state index contributed by atoms with van der Waals surface area (Å²) in [6.07, 6.45) is 1.79. The lowest BCUT2D eigenvalue weighted by Crippen LogP contribution is -2.30. The number of aromatic nitrogens is 4. The number of H-pyrrole nitrogens is 2. The molecular formula is C38H39N7O2. The largest absolute Gasteiger partial charge is 0.328 e. The van der Waals surface area contributed by atoms with Crippen LogP contribution in [0.5, 0.6) is 0 Å². The van der Waals surface area contributed by atoms with Crippen LogP contribution in [0.3, 0.4) is 0 Å². The fourth-order valence-corrected chi connectivity index (χ4v) is 5.97. The van der Waals surface area contributed by atoms with E-state index in [0.29, 0.717) is 12.2 Å². The molecule has 0 aliphatic heterocycles. The highest BCUT2D eigenvalue weighted by Crippen LogP contribution is 2.41. The van der Waals surface area contributed by atoms with Gasteiger partial charge in [-0.25, -0.2) is 4.79 Å². The smallest absolute Gasteiger partial charge is 0.321 e. The molecule has 8 rings (SSSR count). The van der Waals surface area contributed by atoms with E-state index in [2.05, 4.69) is 73.4 Å². The molecule has 0 spiro atoms. The van der Waals surface area contributed by atoms with Crippen LogP contribution < -0.4 is 5.32 Å². The van der Waals surface area contributed by atoms with Gasteiger partial charge in [0.15, 0.2) is 0 Å². The van der Waals surface area contributed by atoms with E-state index >= 15 is 0 Å². The molecule has 0 radical (unpaired) electrons. The molecule has 2 amide bonds. The molecule has 2 aliphatic carbocycles. The Balaban J connectivity index is 0.000000181. The number of urea groups is 1. The van der Waals surface area contributed by atoms with Crippen molar-refractivity contribution < 1.29 is 4.79 Å². The third kappa shape index (κ3) is 6.07. The first kappa shape index (κ1) is 32.6. The number of anilines is 1. The van der Waals surface area contributed by atoms with Crippen molar-refractivity contribution in [1.29, 1.82) is 0 Å². The lowest BCUT2D eigenvalue weighted by Gasteiger charge is -2.15. The molecule has 0 saturated heterocycles. The Morgan fingerprint density at radius 2 is 1.21 bits per heavy atom. The van der Waals surface area contributed by atoms with Crippen molar-refractivity contribution in [3.63, 3.8) is 0 Å². The zero-order valence-electron chi connectivity index (χ0n) is 25.0. The molecule has 47 heavy (non-hydrogen) atoms. The average Bonchev–Trinajstić information content (AvgIpc) is 3.86. The highest BCUT2D eigenvalue weighted by atomic mass is 16.3. The first-order chi connectivity index (χ1) is 22.0. The van der Waals surface area contributed by atoms with Crippen LogP contribution >= 0.6 is 0 Å². The maximum atomic E-state index is 11.9. The summed E-state index contributed by atoms with van der Waals surface area (Å²) in [4.78, 5) is 24.0. The van der Waals surface area contributed by atoms with Gasteiger partial charge in [0.1, 0.15) is 5.69 Å². The highest BCUT2D eigenvalue weighted by molar-refractivity contribution is 5.90. The number of fused-ring (bicyclic) bond motifs is 6. The molecule has 0 fully saturated rings. The number of hydrogen-bond donors (Lipinski definition) is 3. The van der Waals surface area contributed by atoms with E-state index in [1.54, 1.807) is 24.1 Å². The van der Waals surface area contributed by atoms with E-state index < -0.39 is 0 Å². The van der Waals surface area contributed by atoms with Crippen LogP contribution in [0.1, 0.15) is 44.0 Å². The zero-order valence-corrected chi connectivity index (χ0v) is 25.0. The molecule has 9 heteroatoms. The third-order valence-corrected chi connectivity index (χ3v) is 8.52. The molecule has 2 heterocycles. The normalized spacial score (nSPS) is 11.4. The second kappa shape index (κ2) is 13.7. The average molecular weight is 626 g/mol. The van der Waals surface area contributed by atoms with E-state index in [0.717, 1.165) is 52.4 Å². The number of nitrogens with zero attached hydrogens (tertiary/aromatic N) is 4. The number of aromatic amines is 2. The van der Waals surface area contributed by atoms with Crippen LogP contribution in [0.25, 0.3) is 45.0 Å². The first-order valence-electron chi connectivity index (χ1n) is 14.9. The van der Waals surface area contributed by atoms with Gasteiger partial charge in [0.2, 0.25) is 0 Å². The summed E-state index contributed by atoms with van der Waals surface area (Å²) in [5.74, 6) is 0. The number of benzene rings is 4. The Morgan fingerprint density at radius 1 is 0.745 bits per heavy atom. The summed E-state index contributed by atoms with van der Waals surface area (Å²) in [7, 11) is 1.77. The Kier molecular flexibility index (Phi) is 9.46. The summed E-state index contributed by atoms with van der Waals surface area (Å²) in [6, 6.07) is 31.7. The van der Waals surface area contributed by atoms with Crippen molar-refractivity contribution >= 4 is 17.4 Å². The van der Waals surface area contributed by atoms with E-state index in [4.69, 9.17) is 0 Å². The van der Waals surface area contributed by atoms with Crippen LogP contribution in [0, 0.1) is 4.91 Å². The number of hydrogen-bond acceptors (Lipinski definition) is 5. The summed E-state index contributed by atoms with van der Waals surface area (Å²) in [5, 5.41) is 21.1. The zero-order chi connectivity index (χ0) is 30.9. The Morgan fingerprint density at radius 3 is 1.68 bits per heavy atom. The van der Waals surface area contributed by atoms with Crippen LogP contribution in [-0.4, -0.2) is 44.9 Å². The third-order valence-electron chi connectivity index (χ3n) is 8.52. The molecule has 6 aromatic rings. The number of nitroso groups, excluding NO2 is 1. The Hall–Kier alpha value is -5.83. The molecular weight excluding hydrogens is 586 g/mol. The van der Waals surface area contributed by atoms with E-state index in [9.17, 15) is 9.70 Å². The maximum absolute atomic E-state index is 11.9. The molecule has 0 bridgehead atoms. The van der Waals surface area contributed by atoms with Gasteiger partial charge in [-0.2, -0.15) is 10.2 Å². The van der Waals surface area contributed by atoms with Crippen molar-refractivity contribution in [3.8, 4) is 45.0 Å². The second-order valence-corrected chi connectivity index (χ2v) is 11.2. The standard InChI is InChI=1S/C20H20N4O.C16H11N3O.2CH4/c1-3-24(2)20(25)21-15-10-8-13(9-11-15)18-17-12-14-6-4-5-7-16(14)19(17)23-22-18;20-19-12-7-5-10(6-8-12)15-14-9-11-3-1-2-4-13(11)16(14)18-17-15;;/h4-11H,3,12H2,1-2H3,(H,21,25)(H,22,23);1-8H,9H2,(H,17,18);2*1H4. The van der Waals surface area contributed by atoms with Crippen LogP contribution in [-0.2, 0) is 12.8 Å². The van der Waals surface area contributed by atoms with E-state index in [1.165, 1.54) is 33.4 Å². The minimum atomic E-state index is -0.105. The molecule has 0 atom stereocenters. The fraction of sp³-hybridized carbons (Fsp3) is 0.184. The van der Waals surface area contributed by atoms with Gasteiger partial charge in [0.25, 0.3) is 0 Å². The Labute approximate surface area is 275 Å². The predicted octanol–water partition coefficient (Wildman–Crippen LogP) is 9.45. The predicted molar refractivity (Wildman–Crippen MR) is 191 cm³/mol. The highest BCUT2D eigenvalue weighted by Gasteiger charge is 2.25. The topological polar surface area (TPSA) is 119 Å². The van der Waals surface area contributed by atoms with E-state index in [1.807, 2.05) is 49.4 Å². The molecule has 2 aliphatic rings. The number of amides is 2. The van der Waals surface area contributed by atoms with Gasteiger partial charge in [0.05, 0.1) is 22.8 Å². The number of rotatable bonds is 5. The lowest BCUT2D eigenvalue weighted by molar-refractivity contribution is 0.224. The number of carbonyl (C=O) groups is 1. The van der Waals surface area contributed by atoms with Gasteiger partial charge >= 0.3 is 6.03 Å². The molecule has 3 N–H and O–H groups in total. The monoisotopic (exact) mass is 625 g/mol. The summed E-state index contributed by atoms with van der Waals surface area (Å²) in [5.41, 5.74) is 15.0. The molecule has 2 aromatic heterocycles. The van der Waals surface area contributed by atoms with Gasteiger partial charge < -0.3 is 10.2 Å². The molecule has 0 saturated carbocycles. The minimum absolute atomic E-state index is 0. The second-order valence-electron chi connectivity index (χ2n) is 11.2. The number of nitrogens with one attached hydrogen (secondary N) is 3. The summed E-state index contributed by atoms with van der Waals surface area (Å²) >= 11 is 0. The Bertz CT molecular complexity index is 2020. The molecule has 0 unspecified atom stereocenters. The van der Waals surface area contributed by atoms with Gasteiger partial charge in [-0.15, -0.1) is 4.91 Å². The maximum Gasteiger partial charge on any atom is 0.321 e. The van der Waals surface area contributed by atoms with Crippen molar-refractivity contribution in [1.82, 2.24) is 25.3 Å². The quantitative estimate of drug-likeness (QED) is 0.165. The number of carbonyl (C=O) groups excluding carboxylic acids is 1. The van der Waals surface area contributed by atoms with Crippen molar-refractivity contribution in [2.75, 3.05) is 18.9 Å². The SMILES string of the molecule is C.C.CCN(C)C(=O)Nc1ccc(-c2n[nH]c3c2Cc2ccccc2-3)cc1.O=Nc1ccc(-c2n[nH]c3c2Cc2ccccc2-3)cc1. The summed E-state index contributed by atoms with van der Waals surface area (Å²) in [6.45, 7) is 2.61.